The number of rotatable bonds is 4. The Kier molecular flexibility index (Phi) is 3.99. The zero-order chi connectivity index (χ0) is 12.1. The van der Waals surface area contributed by atoms with E-state index in [1.807, 2.05) is 6.92 Å². The first-order valence-electron chi connectivity index (χ1n) is 5.06. The van der Waals surface area contributed by atoms with Gasteiger partial charge in [-0.1, -0.05) is 6.92 Å². The molecule has 0 aliphatic heterocycles. The Morgan fingerprint density at radius 3 is 2.38 bits per heavy atom. The number of nitrogens with zero attached hydrogens (tertiary/aromatic N) is 2. The number of carbonyl (C=O) groups is 1. The summed E-state index contributed by atoms with van der Waals surface area (Å²) < 4.78 is 0. The summed E-state index contributed by atoms with van der Waals surface area (Å²) in [6.07, 6.45) is 0.884. The molecule has 0 aliphatic rings. The zero-order valence-corrected chi connectivity index (χ0v) is 9.34. The average molecular weight is 222 g/mol. The van der Waals surface area contributed by atoms with Crippen LogP contribution in [0.2, 0.25) is 0 Å². The molecular weight excluding hydrogens is 208 g/mol. The van der Waals surface area contributed by atoms with E-state index >= 15 is 0 Å². The van der Waals surface area contributed by atoms with Crippen molar-refractivity contribution in [3.63, 3.8) is 0 Å². The van der Waals surface area contributed by atoms with Crippen LogP contribution in [-0.2, 0) is 0 Å². The van der Waals surface area contributed by atoms with Gasteiger partial charge >= 0.3 is 0 Å². The number of hydrogen-bond acceptors (Lipinski definition) is 3. The van der Waals surface area contributed by atoms with Crippen LogP contribution in [0.1, 0.15) is 23.7 Å². The predicted octanol–water partition coefficient (Wildman–Crippen LogP) is 2.08. The highest BCUT2D eigenvalue weighted by atomic mass is 16.6. The molecule has 0 radical (unpaired) electrons. The monoisotopic (exact) mass is 222 g/mol. The molecule has 86 valence electrons. The van der Waals surface area contributed by atoms with Crippen molar-refractivity contribution in [1.82, 2.24) is 4.90 Å². The highest BCUT2D eigenvalue weighted by Gasteiger charge is 2.12. The van der Waals surface area contributed by atoms with E-state index in [2.05, 4.69) is 0 Å². The number of carbonyl (C=O) groups excluding carboxylic acids is 1. The maximum absolute atomic E-state index is 11.8. The summed E-state index contributed by atoms with van der Waals surface area (Å²) in [6, 6.07) is 5.64. The van der Waals surface area contributed by atoms with Gasteiger partial charge in [0.2, 0.25) is 0 Å². The molecule has 0 aromatic heterocycles. The first-order chi connectivity index (χ1) is 7.56. The van der Waals surface area contributed by atoms with Crippen molar-refractivity contribution >= 4 is 11.6 Å². The van der Waals surface area contributed by atoms with E-state index in [4.69, 9.17) is 0 Å². The SMILES string of the molecule is CCCN(C)C(=O)c1ccc([N+](=O)[O-])cc1. The number of nitro benzene ring substituents is 1. The van der Waals surface area contributed by atoms with E-state index in [1.54, 1.807) is 11.9 Å². The van der Waals surface area contributed by atoms with Crippen LogP contribution < -0.4 is 0 Å². The number of benzene rings is 1. The molecule has 1 rings (SSSR count). The first-order valence-corrected chi connectivity index (χ1v) is 5.06. The van der Waals surface area contributed by atoms with Crippen molar-refractivity contribution in [2.24, 2.45) is 0 Å². The highest BCUT2D eigenvalue weighted by Crippen LogP contribution is 2.13. The van der Waals surface area contributed by atoms with Crippen molar-refractivity contribution in [2.45, 2.75) is 13.3 Å². The summed E-state index contributed by atoms with van der Waals surface area (Å²) in [5, 5.41) is 10.4. The Labute approximate surface area is 93.8 Å². The van der Waals surface area contributed by atoms with Crippen LogP contribution in [0, 0.1) is 10.1 Å². The van der Waals surface area contributed by atoms with Crippen LogP contribution in [0.3, 0.4) is 0 Å². The van der Waals surface area contributed by atoms with Gasteiger partial charge in [0, 0.05) is 31.3 Å². The van der Waals surface area contributed by atoms with Crippen LogP contribution in [0.4, 0.5) is 5.69 Å². The van der Waals surface area contributed by atoms with Crippen LogP contribution in [0.25, 0.3) is 0 Å². The first kappa shape index (κ1) is 12.2. The molecule has 0 spiro atoms. The summed E-state index contributed by atoms with van der Waals surface area (Å²) in [5.74, 6) is -0.114. The van der Waals surface area contributed by atoms with Crippen LogP contribution >= 0.6 is 0 Å². The molecule has 5 nitrogen and oxygen atoms in total. The third-order valence-corrected chi connectivity index (χ3v) is 2.23. The Balaban J connectivity index is 2.81. The molecule has 0 saturated heterocycles. The number of nitro groups is 1. The highest BCUT2D eigenvalue weighted by molar-refractivity contribution is 5.94. The third kappa shape index (κ3) is 2.79. The summed E-state index contributed by atoms with van der Waals surface area (Å²) in [7, 11) is 1.72. The molecule has 1 aromatic rings. The van der Waals surface area contributed by atoms with E-state index < -0.39 is 4.92 Å². The molecule has 0 heterocycles. The molecule has 5 heteroatoms. The van der Waals surface area contributed by atoms with Crippen molar-refractivity contribution in [3.05, 3.63) is 39.9 Å². The lowest BCUT2D eigenvalue weighted by Gasteiger charge is -2.15. The molecule has 0 saturated carbocycles. The van der Waals surface area contributed by atoms with Crippen molar-refractivity contribution in [2.75, 3.05) is 13.6 Å². The van der Waals surface area contributed by atoms with Crippen molar-refractivity contribution < 1.29 is 9.72 Å². The lowest BCUT2D eigenvalue weighted by molar-refractivity contribution is -0.384. The van der Waals surface area contributed by atoms with Gasteiger partial charge in [-0.25, -0.2) is 0 Å². The largest absolute Gasteiger partial charge is 0.342 e. The van der Waals surface area contributed by atoms with Gasteiger partial charge in [0.15, 0.2) is 0 Å². The van der Waals surface area contributed by atoms with Gasteiger partial charge in [0.05, 0.1) is 4.92 Å². The summed E-state index contributed by atoms with van der Waals surface area (Å²) in [4.78, 5) is 23.3. The molecule has 0 aliphatic carbocycles. The molecule has 0 N–H and O–H groups in total. The Bertz CT molecular complexity index is 387. The van der Waals surface area contributed by atoms with E-state index in [0.29, 0.717) is 12.1 Å². The standard InChI is InChI=1S/C11H14N2O3/c1-3-8-12(2)11(14)9-4-6-10(7-5-9)13(15)16/h4-7H,3,8H2,1-2H3. The average Bonchev–Trinajstić information content (AvgIpc) is 2.28. The lowest BCUT2D eigenvalue weighted by Crippen LogP contribution is -2.27. The second kappa shape index (κ2) is 5.25. The van der Waals surface area contributed by atoms with E-state index in [0.717, 1.165) is 6.42 Å². The quantitative estimate of drug-likeness (QED) is 0.578. The zero-order valence-electron chi connectivity index (χ0n) is 9.34. The fraction of sp³-hybridized carbons (Fsp3) is 0.364. The normalized spacial score (nSPS) is 9.88. The lowest BCUT2D eigenvalue weighted by atomic mass is 10.2. The fourth-order valence-corrected chi connectivity index (χ4v) is 1.38. The summed E-state index contributed by atoms with van der Waals surface area (Å²) >= 11 is 0. The van der Waals surface area contributed by atoms with E-state index in [9.17, 15) is 14.9 Å². The van der Waals surface area contributed by atoms with Gasteiger partial charge in [-0.05, 0) is 18.6 Å². The molecule has 0 bridgehead atoms. The van der Waals surface area contributed by atoms with Gasteiger partial charge in [-0.15, -0.1) is 0 Å². The van der Waals surface area contributed by atoms with Crippen LogP contribution in [0.5, 0.6) is 0 Å². The van der Waals surface area contributed by atoms with Gasteiger partial charge in [0.1, 0.15) is 0 Å². The molecular formula is C11H14N2O3. The second-order valence-electron chi connectivity index (χ2n) is 3.53. The van der Waals surface area contributed by atoms with E-state index in [-0.39, 0.29) is 11.6 Å². The van der Waals surface area contributed by atoms with Gasteiger partial charge < -0.3 is 4.90 Å². The number of hydrogen-bond donors (Lipinski definition) is 0. The minimum atomic E-state index is -0.482. The van der Waals surface area contributed by atoms with Crippen molar-refractivity contribution in [3.8, 4) is 0 Å². The molecule has 0 fully saturated rings. The topological polar surface area (TPSA) is 63.5 Å². The molecule has 1 amide bonds. The predicted molar refractivity (Wildman–Crippen MR) is 60.3 cm³/mol. The van der Waals surface area contributed by atoms with Gasteiger partial charge in [-0.3, -0.25) is 14.9 Å². The fourth-order valence-electron chi connectivity index (χ4n) is 1.38. The van der Waals surface area contributed by atoms with Crippen LogP contribution in [0.15, 0.2) is 24.3 Å². The van der Waals surface area contributed by atoms with Crippen LogP contribution in [-0.4, -0.2) is 29.3 Å². The maximum atomic E-state index is 11.8. The molecule has 0 atom stereocenters. The second-order valence-corrected chi connectivity index (χ2v) is 3.53. The number of non-ortho nitro benzene ring substituents is 1. The van der Waals surface area contributed by atoms with Crippen molar-refractivity contribution in [1.29, 1.82) is 0 Å². The minimum Gasteiger partial charge on any atom is -0.342 e. The molecule has 0 unspecified atom stereocenters. The van der Waals surface area contributed by atoms with E-state index in [1.165, 1.54) is 24.3 Å². The summed E-state index contributed by atoms with van der Waals surface area (Å²) in [5.41, 5.74) is 0.469. The van der Waals surface area contributed by atoms with Gasteiger partial charge in [0.25, 0.3) is 11.6 Å². The minimum absolute atomic E-state index is 0.00491. The third-order valence-electron chi connectivity index (χ3n) is 2.23. The summed E-state index contributed by atoms with van der Waals surface area (Å²) in [6.45, 7) is 2.66. The van der Waals surface area contributed by atoms with Gasteiger partial charge in [-0.2, -0.15) is 0 Å². The smallest absolute Gasteiger partial charge is 0.269 e. The number of amides is 1. The Morgan fingerprint density at radius 2 is 1.94 bits per heavy atom. The Hall–Kier alpha value is -1.91. The maximum Gasteiger partial charge on any atom is 0.269 e. The Morgan fingerprint density at radius 1 is 1.38 bits per heavy atom. The molecule has 16 heavy (non-hydrogen) atoms. The molecule has 1 aromatic carbocycles.